The zero-order valence-electron chi connectivity index (χ0n) is 12.4. The lowest BCUT2D eigenvalue weighted by Crippen LogP contribution is -2.45. The van der Waals surface area contributed by atoms with Crippen molar-refractivity contribution >= 4 is 33.4 Å². The van der Waals surface area contributed by atoms with Crippen molar-refractivity contribution in [3.8, 4) is 0 Å². The van der Waals surface area contributed by atoms with Gasteiger partial charge in [-0.3, -0.25) is 19.7 Å². The molecule has 0 aliphatic rings. The van der Waals surface area contributed by atoms with E-state index in [2.05, 4.69) is 21.2 Å². The SMILES string of the molecule is NC(=O)[C@@H](Cc1ccc([N+](=O)[O-])cc1)NC(=O)c1cccc(Br)c1. The molecule has 2 amide bonds. The second kappa shape index (κ2) is 7.69. The molecule has 0 saturated carbocycles. The molecule has 2 rings (SSSR count). The van der Waals surface area contributed by atoms with Gasteiger partial charge in [0, 0.05) is 28.6 Å². The van der Waals surface area contributed by atoms with Gasteiger partial charge in [0.25, 0.3) is 11.6 Å². The predicted molar refractivity (Wildman–Crippen MR) is 91.4 cm³/mol. The lowest BCUT2D eigenvalue weighted by Gasteiger charge is -2.15. The van der Waals surface area contributed by atoms with E-state index >= 15 is 0 Å². The molecule has 0 unspecified atom stereocenters. The van der Waals surface area contributed by atoms with Gasteiger partial charge in [0.05, 0.1) is 4.92 Å². The largest absolute Gasteiger partial charge is 0.368 e. The molecule has 0 fully saturated rings. The van der Waals surface area contributed by atoms with E-state index in [0.29, 0.717) is 11.1 Å². The fourth-order valence-corrected chi connectivity index (χ4v) is 2.48. The van der Waals surface area contributed by atoms with Crippen LogP contribution in [0, 0.1) is 10.1 Å². The van der Waals surface area contributed by atoms with Crippen LogP contribution in [-0.2, 0) is 11.2 Å². The highest BCUT2D eigenvalue weighted by Gasteiger charge is 2.20. The number of rotatable bonds is 6. The Morgan fingerprint density at radius 3 is 2.42 bits per heavy atom. The van der Waals surface area contributed by atoms with E-state index in [-0.39, 0.29) is 12.1 Å². The summed E-state index contributed by atoms with van der Waals surface area (Å²) in [6.45, 7) is 0. The number of carbonyl (C=O) groups is 2. The summed E-state index contributed by atoms with van der Waals surface area (Å²) in [6.07, 6.45) is 0.146. The van der Waals surface area contributed by atoms with Crippen LogP contribution < -0.4 is 11.1 Å². The molecule has 124 valence electrons. The molecule has 0 heterocycles. The standard InChI is InChI=1S/C16H14BrN3O4/c17-12-3-1-2-11(9-12)16(22)19-14(15(18)21)8-10-4-6-13(7-5-10)20(23)24/h1-7,9,14H,8H2,(H2,18,21)(H,19,22)/t14-/m1/s1. The van der Waals surface area contributed by atoms with Crippen molar-refractivity contribution in [2.45, 2.75) is 12.5 Å². The predicted octanol–water partition coefficient (Wildman–Crippen LogP) is 2.18. The van der Waals surface area contributed by atoms with Crippen LogP contribution in [0.1, 0.15) is 15.9 Å². The minimum atomic E-state index is -0.919. The number of nitrogens with two attached hydrogens (primary N) is 1. The Kier molecular flexibility index (Phi) is 5.64. The minimum absolute atomic E-state index is 0.0486. The number of carbonyl (C=O) groups excluding carboxylic acids is 2. The van der Waals surface area contributed by atoms with Gasteiger partial charge in [0.2, 0.25) is 5.91 Å². The summed E-state index contributed by atoms with van der Waals surface area (Å²) in [5.41, 5.74) is 6.34. The number of hydrogen-bond acceptors (Lipinski definition) is 4. The zero-order chi connectivity index (χ0) is 17.7. The maximum Gasteiger partial charge on any atom is 0.269 e. The van der Waals surface area contributed by atoms with Gasteiger partial charge in [0.15, 0.2) is 0 Å². The highest BCUT2D eigenvalue weighted by atomic mass is 79.9. The summed E-state index contributed by atoms with van der Waals surface area (Å²) in [7, 11) is 0. The van der Waals surface area contributed by atoms with Crippen molar-refractivity contribution in [3.05, 3.63) is 74.2 Å². The second-order valence-electron chi connectivity index (χ2n) is 5.07. The molecule has 0 spiro atoms. The Balaban J connectivity index is 2.10. The number of nitro benzene ring substituents is 1. The van der Waals surface area contributed by atoms with Crippen LogP contribution in [0.4, 0.5) is 5.69 Å². The molecule has 0 aromatic heterocycles. The summed E-state index contributed by atoms with van der Waals surface area (Å²) >= 11 is 3.27. The lowest BCUT2D eigenvalue weighted by atomic mass is 10.0. The maximum atomic E-state index is 12.2. The van der Waals surface area contributed by atoms with Crippen molar-refractivity contribution in [2.24, 2.45) is 5.73 Å². The molecule has 8 heteroatoms. The Morgan fingerprint density at radius 1 is 1.21 bits per heavy atom. The molecule has 0 aliphatic heterocycles. The summed E-state index contributed by atoms with van der Waals surface area (Å²) in [5, 5.41) is 13.2. The van der Waals surface area contributed by atoms with Crippen LogP contribution in [-0.4, -0.2) is 22.8 Å². The number of halogens is 1. The normalized spacial score (nSPS) is 11.5. The molecule has 0 aliphatic carbocycles. The number of primary amides is 1. The van der Waals surface area contributed by atoms with Gasteiger partial charge in [-0.2, -0.15) is 0 Å². The van der Waals surface area contributed by atoms with Gasteiger partial charge < -0.3 is 11.1 Å². The first-order valence-corrected chi connectivity index (χ1v) is 7.75. The molecule has 2 aromatic carbocycles. The Hall–Kier alpha value is -2.74. The Bertz CT molecular complexity index is 777. The minimum Gasteiger partial charge on any atom is -0.368 e. The van der Waals surface area contributed by atoms with E-state index in [9.17, 15) is 19.7 Å². The first-order valence-electron chi connectivity index (χ1n) is 6.96. The number of amides is 2. The first-order chi connectivity index (χ1) is 11.4. The van der Waals surface area contributed by atoms with E-state index in [1.807, 2.05) is 0 Å². The van der Waals surface area contributed by atoms with Crippen LogP contribution in [0.25, 0.3) is 0 Å². The van der Waals surface area contributed by atoms with Crippen LogP contribution in [0.3, 0.4) is 0 Å². The number of hydrogen-bond donors (Lipinski definition) is 2. The molecule has 0 radical (unpaired) electrons. The van der Waals surface area contributed by atoms with Gasteiger partial charge in [-0.05, 0) is 23.8 Å². The molecule has 1 atom stereocenters. The number of nitrogens with one attached hydrogen (secondary N) is 1. The summed E-state index contributed by atoms with van der Waals surface area (Å²) in [4.78, 5) is 34.0. The molecular formula is C16H14BrN3O4. The van der Waals surface area contributed by atoms with Crippen molar-refractivity contribution in [1.82, 2.24) is 5.32 Å². The number of benzene rings is 2. The van der Waals surface area contributed by atoms with Crippen molar-refractivity contribution in [2.75, 3.05) is 0 Å². The van der Waals surface area contributed by atoms with Crippen molar-refractivity contribution < 1.29 is 14.5 Å². The molecule has 3 N–H and O–H groups in total. The molecule has 2 aromatic rings. The van der Waals surface area contributed by atoms with Gasteiger partial charge in [-0.15, -0.1) is 0 Å². The van der Waals surface area contributed by atoms with E-state index in [1.165, 1.54) is 24.3 Å². The van der Waals surface area contributed by atoms with E-state index in [0.717, 1.165) is 4.47 Å². The maximum absolute atomic E-state index is 12.2. The average Bonchev–Trinajstić information content (AvgIpc) is 2.54. The summed E-state index contributed by atoms with van der Waals surface area (Å²) < 4.78 is 0.737. The van der Waals surface area contributed by atoms with E-state index in [4.69, 9.17) is 5.73 Å². The van der Waals surface area contributed by atoms with Crippen molar-refractivity contribution in [3.63, 3.8) is 0 Å². The third kappa shape index (κ3) is 4.63. The first kappa shape index (κ1) is 17.6. The summed E-state index contributed by atoms with van der Waals surface area (Å²) in [5.74, 6) is -1.11. The van der Waals surface area contributed by atoms with Crippen LogP contribution >= 0.6 is 15.9 Å². The third-order valence-corrected chi connectivity index (χ3v) is 3.82. The van der Waals surface area contributed by atoms with E-state index in [1.54, 1.807) is 24.3 Å². The quantitative estimate of drug-likeness (QED) is 0.579. The highest BCUT2D eigenvalue weighted by Crippen LogP contribution is 2.14. The number of non-ortho nitro benzene ring substituents is 1. The Morgan fingerprint density at radius 2 is 1.88 bits per heavy atom. The number of nitrogens with zero attached hydrogens (tertiary/aromatic N) is 1. The smallest absolute Gasteiger partial charge is 0.269 e. The zero-order valence-corrected chi connectivity index (χ0v) is 14.0. The second-order valence-corrected chi connectivity index (χ2v) is 5.98. The lowest BCUT2D eigenvalue weighted by molar-refractivity contribution is -0.384. The fourth-order valence-electron chi connectivity index (χ4n) is 2.08. The van der Waals surface area contributed by atoms with Gasteiger partial charge in [-0.1, -0.05) is 34.1 Å². The van der Waals surface area contributed by atoms with Crippen LogP contribution in [0.2, 0.25) is 0 Å². The third-order valence-electron chi connectivity index (χ3n) is 3.32. The Labute approximate surface area is 146 Å². The summed E-state index contributed by atoms with van der Waals surface area (Å²) in [6, 6.07) is 11.5. The fraction of sp³-hybridized carbons (Fsp3) is 0.125. The highest BCUT2D eigenvalue weighted by molar-refractivity contribution is 9.10. The van der Waals surface area contributed by atoms with Crippen molar-refractivity contribution in [1.29, 1.82) is 0 Å². The van der Waals surface area contributed by atoms with Crippen LogP contribution in [0.5, 0.6) is 0 Å². The molecule has 0 bridgehead atoms. The molecule has 24 heavy (non-hydrogen) atoms. The molecular weight excluding hydrogens is 378 g/mol. The molecule has 7 nitrogen and oxygen atoms in total. The van der Waals surface area contributed by atoms with Crippen LogP contribution in [0.15, 0.2) is 53.0 Å². The topological polar surface area (TPSA) is 115 Å². The van der Waals surface area contributed by atoms with E-state index < -0.39 is 22.8 Å². The van der Waals surface area contributed by atoms with Gasteiger partial charge in [-0.25, -0.2) is 0 Å². The number of nitro groups is 1. The van der Waals surface area contributed by atoms with Gasteiger partial charge in [0.1, 0.15) is 6.04 Å². The molecule has 0 saturated heterocycles. The monoisotopic (exact) mass is 391 g/mol. The van der Waals surface area contributed by atoms with Gasteiger partial charge >= 0.3 is 0 Å². The average molecular weight is 392 g/mol.